The zero-order valence-electron chi connectivity index (χ0n) is 14.5. The molecular weight excluding hydrogens is 460 g/mol. The van der Waals surface area contributed by atoms with Crippen molar-refractivity contribution in [2.75, 3.05) is 6.54 Å². The fraction of sp³-hybridized carbons (Fsp3) is 0.300. The number of amides is 3. The monoisotopic (exact) mass is 478 g/mol. The average molecular weight is 480 g/mol. The maximum Gasteiger partial charge on any atom is 0.325 e. The van der Waals surface area contributed by atoms with Gasteiger partial charge in [0.25, 0.3) is 5.91 Å². The van der Waals surface area contributed by atoms with Gasteiger partial charge < -0.3 is 5.32 Å². The largest absolute Gasteiger partial charge is 0.325 e. The fourth-order valence-electron chi connectivity index (χ4n) is 3.26. The van der Waals surface area contributed by atoms with Gasteiger partial charge in [-0.1, -0.05) is 75.9 Å². The molecule has 0 aromatic heterocycles. The molecule has 0 radical (unpaired) electrons. The maximum atomic E-state index is 13.4. The Balaban J connectivity index is 2.07. The quantitative estimate of drug-likeness (QED) is 0.457. The third kappa shape index (κ3) is 3.45. The van der Waals surface area contributed by atoms with Crippen LogP contribution in [-0.2, 0) is 10.3 Å². The van der Waals surface area contributed by atoms with Crippen LogP contribution in [0.1, 0.15) is 37.3 Å². The predicted molar refractivity (Wildman–Crippen MR) is 109 cm³/mol. The minimum absolute atomic E-state index is 0.219. The molecule has 0 unspecified atom stereocenters. The summed E-state index contributed by atoms with van der Waals surface area (Å²) < 4.78 is 1.84. The van der Waals surface area contributed by atoms with Gasteiger partial charge in [0, 0.05) is 15.5 Å². The molecule has 3 rings (SSSR count). The predicted octanol–water partition coefficient (Wildman–Crippen LogP) is 5.20. The first-order valence-corrected chi connectivity index (χ1v) is 10.2. The van der Waals surface area contributed by atoms with Crippen molar-refractivity contribution in [3.8, 4) is 0 Å². The summed E-state index contributed by atoms with van der Waals surface area (Å²) in [6, 6.07) is 14.7. The van der Waals surface area contributed by atoms with Crippen LogP contribution in [-0.4, -0.2) is 23.4 Å². The number of imide groups is 1. The Kier molecular flexibility index (Phi) is 5.82. The third-order valence-electron chi connectivity index (χ3n) is 4.65. The minimum atomic E-state index is -1.19. The molecule has 0 spiro atoms. The highest BCUT2D eigenvalue weighted by Gasteiger charge is 2.53. The van der Waals surface area contributed by atoms with E-state index in [1.165, 1.54) is 4.90 Å². The summed E-state index contributed by atoms with van der Waals surface area (Å²) in [6.07, 6.45) is 2.83. The number of halogens is 2. The average Bonchev–Trinajstić information content (AvgIpc) is 2.88. The molecule has 4 nitrogen and oxygen atoms in total. The number of hydrogen-bond acceptors (Lipinski definition) is 2. The summed E-state index contributed by atoms with van der Waals surface area (Å²) in [6.45, 7) is 2.53. The van der Waals surface area contributed by atoms with Gasteiger partial charge in [-0.2, -0.15) is 0 Å². The van der Waals surface area contributed by atoms with Crippen LogP contribution >= 0.6 is 31.9 Å². The number of benzene rings is 2. The summed E-state index contributed by atoms with van der Waals surface area (Å²) in [4.78, 5) is 27.4. The summed E-state index contributed by atoms with van der Waals surface area (Å²) in [5.74, 6) is -0.219. The van der Waals surface area contributed by atoms with Crippen LogP contribution < -0.4 is 5.32 Å². The lowest BCUT2D eigenvalue weighted by atomic mass is 9.82. The van der Waals surface area contributed by atoms with Crippen LogP contribution in [0.2, 0.25) is 0 Å². The zero-order valence-corrected chi connectivity index (χ0v) is 17.6. The SMILES string of the molecule is CCCCCN1C(=O)NC(c2ccc(Br)cc2)(c2ccc(Br)cc2)C1=O. The molecule has 1 fully saturated rings. The van der Waals surface area contributed by atoms with Gasteiger partial charge >= 0.3 is 6.03 Å². The third-order valence-corrected chi connectivity index (χ3v) is 5.70. The molecule has 0 bridgehead atoms. The molecule has 6 heteroatoms. The summed E-state index contributed by atoms with van der Waals surface area (Å²) in [5, 5.41) is 2.97. The lowest BCUT2D eigenvalue weighted by Gasteiger charge is -2.28. The highest BCUT2D eigenvalue weighted by Crippen LogP contribution is 2.37. The van der Waals surface area contributed by atoms with Crippen LogP contribution in [0.3, 0.4) is 0 Å². The van der Waals surface area contributed by atoms with Crippen LogP contribution in [0.5, 0.6) is 0 Å². The molecule has 0 aliphatic carbocycles. The molecule has 1 aliphatic heterocycles. The molecule has 1 saturated heterocycles. The van der Waals surface area contributed by atoms with E-state index in [1.54, 1.807) is 0 Å². The first-order chi connectivity index (χ1) is 12.5. The Labute approximate surface area is 170 Å². The van der Waals surface area contributed by atoms with Crippen LogP contribution in [0.4, 0.5) is 4.79 Å². The number of nitrogens with one attached hydrogen (secondary N) is 1. The Morgan fingerprint density at radius 2 is 1.38 bits per heavy atom. The minimum Gasteiger partial charge on any atom is -0.315 e. The summed E-state index contributed by atoms with van der Waals surface area (Å²) in [7, 11) is 0. The van der Waals surface area contributed by atoms with Crippen molar-refractivity contribution < 1.29 is 9.59 Å². The second-order valence-corrected chi connectivity index (χ2v) is 8.19. The van der Waals surface area contributed by atoms with E-state index in [-0.39, 0.29) is 11.9 Å². The van der Waals surface area contributed by atoms with Gasteiger partial charge in [0.05, 0.1) is 0 Å². The van der Waals surface area contributed by atoms with Gasteiger partial charge in [0.2, 0.25) is 0 Å². The van der Waals surface area contributed by atoms with Crippen molar-refractivity contribution in [3.05, 3.63) is 68.6 Å². The van der Waals surface area contributed by atoms with Gasteiger partial charge in [0.1, 0.15) is 0 Å². The number of unbranched alkanes of at least 4 members (excludes halogenated alkanes) is 2. The number of carbonyl (C=O) groups excluding carboxylic acids is 2. The molecule has 136 valence electrons. The van der Waals surface area contributed by atoms with Gasteiger partial charge in [-0.3, -0.25) is 9.69 Å². The van der Waals surface area contributed by atoms with E-state index in [9.17, 15) is 9.59 Å². The lowest BCUT2D eigenvalue weighted by Crippen LogP contribution is -2.45. The van der Waals surface area contributed by atoms with Crippen LogP contribution in [0.15, 0.2) is 57.5 Å². The van der Waals surface area contributed by atoms with Gasteiger partial charge in [-0.05, 0) is 41.8 Å². The Morgan fingerprint density at radius 1 is 0.885 bits per heavy atom. The smallest absolute Gasteiger partial charge is 0.315 e. The maximum absolute atomic E-state index is 13.4. The van der Waals surface area contributed by atoms with E-state index in [0.717, 1.165) is 39.3 Å². The van der Waals surface area contributed by atoms with Gasteiger partial charge in [-0.15, -0.1) is 0 Å². The molecule has 3 amide bonds. The lowest BCUT2D eigenvalue weighted by molar-refractivity contribution is -0.130. The van der Waals surface area contributed by atoms with Crippen LogP contribution in [0, 0.1) is 0 Å². The van der Waals surface area contributed by atoms with Gasteiger partial charge in [-0.25, -0.2) is 4.79 Å². The summed E-state index contributed by atoms with van der Waals surface area (Å²) >= 11 is 6.86. The van der Waals surface area contributed by atoms with E-state index < -0.39 is 5.54 Å². The fourth-order valence-corrected chi connectivity index (χ4v) is 3.79. The Morgan fingerprint density at radius 3 is 1.85 bits per heavy atom. The molecule has 26 heavy (non-hydrogen) atoms. The number of nitrogens with zero attached hydrogens (tertiary/aromatic N) is 1. The molecule has 2 aromatic rings. The summed E-state index contributed by atoms with van der Waals surface area (Å²) in [5.41, 5.74) is 0.309. The van der Waals surface area contributed by atoms with Crippen molar-refractivity contribution in [1.82, 2.24) is 10.2 Å². The van der Waals surface area contributed by atoms with Crippen LogP contribution in [0.25, 0.3) is 0 Å². The number of carbonyl (C=O) groups is 2. The van der Waals surface area contributed by atoms with E-state index >= 15 is 0 Å². The molecule has 0 atom stereocenters. The topological polar surface area (TPSA) is 49.4 Å². The second kappa shape index (κ2) is 7.92. The normalized spacial score (nSPS) is 16.0. The number of rotatable bonds is 6. The molecule has 1 aliphatic rings. The Bertz CT molecular complexity index is 758. The van der Waals surface area contributed by atoms with E-state index in [1.807, 2.05) is 48.5 Å². The van der Waals surface area contributed by atoms with Crippen molar-refractivity contribution in [3.63, 3.8) is 0 Å². The number of hydrogen-bond donors (Lipinski definition) is 1. The standard InChI is InChI=1S/C20H20Br2N2O2/c1-2-3-4-13-24-18(25)20(23-19(24)26,14-5-9-16(21)10-6-14)15-7-11-17(22)12-8-15/h5-12H,2-4,13H2,1H3,(H,23,26). The number of urea groups is 1. The first-order valence-electron chi connectivity index (χ1n) is 8.65. The van der Waals surface area contributed by atoms with Crippen molar-refractivity contribution in [2.24, 2.45) is 0 Å². The highest BCUT2D eigenvalue weighted by atomic mass is 79.9. The zero-order chi connectivity index (χ0) is 18.7. The van der Waals surface area contributed by atoms with E-state index in [0.29, 0.717) is 6.54 Å². The molecule has 1 heterocycles. The van der Waals surface area contributed by atoms with E-state index in [2.05, 4.69) is 44.1 Å². The van der Waals surface area contributed by atoms with E-state index in [4.69, 9.17) is 0 Å². The van der Waals surface area contributed by atoms with Crippen molar-refractivity contribution >= 4 is 43.8 Å². The first kappa shape index (κ1) is 19.1. The molecule has 1 N–H and O–H groups in total. The van der Waals surface area contributed by atoms with Crippen molar-refractivity contribution in [1.29, 1.82) is 0 Å². The van der Waals surface area contributed by atoms with Crippen molar-refractivity contribution in [2.45, 2.75) is 31.7 Å². The van der Waals surface area contributed by atoms with Gasteiger partial charge in [0.15, 0.2) is 5.54 Å². The Hall–Kier alpha value is -1.66. The molecule has 2 aromatic carbocycles. The highest BCUT2D eigenvalue weighted by molar-refractivity contribution is 9.10. The molecular formula is C20H20Br2N2O2. The molecule has 0 saturated carbocycles. The second-order valence-electron chi connectivity index (χ2n) is 6.36.